The van der Waals surface area contributed by atoms with Crippen molar-refractivity contribution in [3.63, 3.8) is 0 Å². The summed E-state index contributed by atoms with van der Waals surface area (Å²) in [7, 11) is -4.09. The second-order valence-electron chi connectivity index (χ2n) is 2.25. The highest BCUT2D eigenvalue weighted by molar-refractivity contribution is 7.86. The number of aliphatic hydroxyl groups is 1. The Morgan fingerprint density at radius 3 is 2.27 bits per heavy atom. The Morgan fingerprint density at radius 2 is 2.00 bits per heavy atom. The molecule has 0 fully saturated rings. The summed E-state index contributed by atoms with van der Waals surface area (Å²) in [5, 5.41) is 7.43. The molecule has 1 unspecified atom stereocenters. The topological polar surface area (TPSA) is 101 Å². The summed E-state index contributed by atoms with van der Waals surface area (Å²) in [6, 6.07) is 0. The molecule has 0 radical (unpaired) electrons. The molecule has 0 aromatic carbocycles. The standard InChI is InChI=1S/C5H13NO4S/c6-3-1-2-5(4-7)11(8,9)10/h5,7H,1-4,6H2,(H,8,9,10). The second kappa shape index (κ2) is 4.66. The monoisotopic (exact) mass is 183 g/mol. The van der Waals surface area contributed by atoms with E-state index >= 15 is 0 Å². The van der Waals surface area contributed by atoms with Crippen LogP contribution in [-0.4, -0.2) is 36.5 Å². The highest BCUT2D eigenvalue weighted by Gasteiger charge is 2.20. The maximum atomic E-state index is 10.4. The van der Waals surface area contributed by atoms with Crippen LogP contribution in [0, 0.1) is 0 Å². The maximum Gasteiger partial charge on any atom is 0.270 e. The minimum absolute atomic E-state index is 0.200. The van der Waals surface area contributed by atoms with Crippen molar-refractivity contribution in [1.82, 2.24) is 0 Å². The number of nitrogens with two attached hydrogens (primary N) is 1. The lowest BCUT2D eigenvalue weighted by Crippen LogP contribution is -2.25. The largest absolute Gasteiger partial charge is 0.395 e. The van der Waals surface area contributed by atoms with Crippen LogP contribution in [0.15, 0.2) is 0 Å². The quantitative estimate of drug-likeness (QED) is 0.473. The fourth-order valence-electron chi connectivity index (χ4n) is 0.680. The smallest absolute Gasteiger partial charge is 0.270 e. The second-order valence-corrected chi connectivity index (χ2v) is 3.95. The number of hydrogen-bond acceptors (Lipinski definition) is 4. The third-order valence-electron chi connectivity index (χ3n) is 1.36. The summed E-state index contributed by atoms with van der Waals surface area (Å²) in [5.74, 6) is 0. The van der Waals surface area contributed by atoms with E-state index in [2.05, 4.69) is 0 Å². The Labute approximate surface area is 66.0 Å². The summed E-state index contributed by atoms with van der Waals surface area (Å²) < 4.78 is 29.3. The van der Waals surface area contributed by atoms with E-state index in [0.29, 0.717) is 13.0 Å². The van der Waals surface area contributed by atoms with Crippen LogP contribution < -0.4 is 5.73 Å². The minimum Gasteiger partial charge on any atom is -0.395 e. The van der Waals surface area contributed by atoms with E-state index in [1.807, 2.05) is 0 Å². The molecule has 5 nitrogen and oxygen atoms in total. The molecule has 0 aromatic rings. The molecule has 0 aliphatic carbocycles. The molecule has 0 aliphatic rings. The molecule has 6 heteroatoms. The van der Waals surface area contributed by atoms with E-state index in [-0.39, 0.29) is 6.42 Å². The predicted octanol–water partition coefficient (Wildman–Crippen LogP) is -1.03. The molecule has 1 atom stereocenters. The van der Waals surface area contributed by atoms with Gasteiger partial charge in [0.25, 0.3) is 10.1 Å². The van der Waals surface area contributed by atoms with Gasteiger partial charge in [0.1, 0.15) is 5.25 Å². The molecule has 0 rings (SSSR count). The fourth-order valence-corrected chi connectivity index (χ4v) is 1.33. The van der Waals surface area contributed by atoms with Gasteiger partial charge < -0.3 is 10.8 Å². The lowest BCUT2D eigenvalue weighted by atomic mass is 10.2. The van der Waals surface area contributed by atoms with Gasteiger partial charge in [0.05, 0.1) is 6.61 Å². The Kier molecular flexibility index (Phi) is 4.58. The van der Waals surface area contributed by atoms with Crippen molar-refractivity contribution in [2.45, 2.75) is 18.1 Å². The van der Waals surface area contributed by atoms with Gasteiger partial charge in [-0.3, -0.25) is 4.55 Å². The minimum atomic E-state index is -4.09. The van der Waals surface area contributed by atoms with Gasteiger partial charge in [0.15, 0.2) is 0 Å². The van der Waals surface area contributed by atoms with E-state index in [1.165, 1.54) is 0 Å². The molecule has 0 bridgehead atoms. The summed E-state index contributed by atoms with van der Waals surface area (Å²) >= 11 is 0. The molecule has 0 saturated carbocycles. The maximum absolute atomic E-state index is 10.4. The summed E-state index contributed by atoms with van der Waals surface area (Å²) in [6.45, 7) is -0.204. The number of rotatable bonds is 5. The van der Waals surface area contributed by atoms with Crippen molar-refractivity contribution < 1.29 is 18.1 Å². The normalized spacial score (nSPS) is 14.8. The van der Waals surface area contributed by atoms with E-state index in [1.54, 1.807) is 0 Å². The van der Waals surface area contributed by atoms with E-state index < -0.39 is 22.0 Å². The van der Waals surface area contributed by atoms with Gasteiger partial charge in [-0.05, 0) is 19.4 Å². The summed E-state index contributed by atoms with van der Waals surface area (Å²) in [6.07, 6.45) is 0.677. The van der Waals surface area contributed by atoms with Crippen molar-refractivity contribution in [1.29, 1.82) is 0 Å². The summed E-state index contributed by atoms with van der Waals surface area (Å²) in [5.41, 5.74) is 5.12. The molecule has 0 heterocycles. The van der Waals surface area contributed by atoms with Gasteiger partial charge in [-0.25, -0.2) is 0 Å². The molecular formula is C5H13NO4S. The first kappa shape index (κ1) is 10.8. The first-order valence-corrected chi connectivity index (χ1v) is 4.80. The van der Waals surface area contributed by atoms with Crippen LogP contribution in [0.25, 0.3) is 0 Å². The van der Waals surface area contributed by atoms with Crippen LogP contribution in [0.3, 0.4) is 0 Å². The Morgan fingerprint density at radius 1 is 1.45 bits per heavy atom. The molecular weight excluding hydrogens is 170 g/mol. The third-order valence-corrected chi connectivity index (χ3v) is 2.58. The zero-order valence-corrected chi connectivity index (χ0v) is 6.92. The van der Waals surface area contributed by atoms with Crippen LogP contribution in [0.2, 0.25) is 0 Å². The SMILES string of the molecule is NCCCC(CO)S(=O)(=O)O. The highest BCUT2D eigenvalue weighted by Crippen LogP contribution is 2.05. The zero-order valence-electron chi connectivity index (χ0n) is 6.10. The Hall–Kier alpha value is -0.170. The lowest BCUT2D eigenvalue weighted by molar-refractivity contribution is 0.277. The predicted molar refractivity (Wildman–Crippen MR) is 40.7 cm³/mol. The molecule has 0 saturated heterocycles. The molecule has 0 spiro atoms. The lowest BCUT2D eigenvalue weighted by Gasteiger charge is -2.08. The Bertz CT molecular complexity index is 189. The summed E-state index contributed by atoms with van der Waals surface area (Å²) in [4.78, 5) is 0. The Balaban J connectivity index is 3.97. The van der Waals surface area contributed by atoms with Gasteiger partial charge in [-0.15, -0.1) is 0 Å². The first-order valence-electron chi connectivity index (χ1n) is 3.29. The van der Waals surface area contributed by atoms with Gasteiger partial charge in [-0.1, -0.05) is 0 Å². The first-order chi connectivity index (χ1) is 5.02. The van der Waals surface area contributed by atoms with Crippen molar-refractivity contribution in [2.75, 3.05) is 13.2 Å². The molecule has 4 N–H and O–H groups in total. The third kappa shape index (κ3) is 4.31. The van der Waals surface area contributed by atoms with Crippen LogP contribution in [-0.2, 0) is 10.1 Å². The molecule has 11 heavy (non-hydrogen) atoms. The van der Waals surface area contributed by atoms with Gasteiger partial charge >= 0.3 is 0 Å². The van der Waals surface area contributed by atoms with Crippen LogP contribution in [0.1, 0.15) is 12.8 Å². The fraction of sp³-hybridized carbons (Fsp3) is 1.00. The van der Waals surface area contributed by atoms with E-state index in [4.69, 9.17) is 15.4 Å². The molecule has 0 aromatic heterocycles. The van der Waals surface area contributed by atoms with Gasteiger partial charge in [0.2, 0.25) is 0 Å². The molecule has 0 aliphatic heterocycles. The zero-order chi connectivity index (χ0) is 8.91. The van der Waals surface area contributed by atoms with Gasteiger partial charge in [-0.2, -0.15) is 8.42 Å². The molecule has 68 valence electrons. The average molecular weight is 183 g/mol. The average Bonchev–Trinajstić information content (AvgIpc) is 1.87. The van der Waals surface area contributed by atoms with Crippen LogP contribution >= 0.6 is 0 Å². The van der Waals surface area contributed by atoms with Crippen LogP contribution in [0.5, 0.6) is 0 Å². The molecule has 0 amide bonds. The van der Waals surface area contributed by atoms with Crippen molar-refractivity contribution in [3.05, 3.63) is 0 Å². The van der Waals surface area contributed by atoms with Crippen molar-refractivity contribution >= 4 is 10.1 Å². The highest BCUT2D eigenvalue weighted by atomic mass is 32.2. The number of aliphatic hydroxyl groups excluding tert-OH is 1. The van der Waals surface area contributed by atoms with Crippen molar-refractivity contribution in [3.8, 4) is 0 Å². The van der Waals surface area contributed by atoms with E-state index in [0.717, 1.165) is 0 Å². The van der Waals surface area contributed by atoms with E-state index in [9.17, 15) is 8.42 Å². The van der Waals surface area contributed by atoms with Crippen molar-refractivity contribution in [2.24, 2.45) is 5.73 Å². The number of hydrogen-bond donors (Lipinski definition) is 3. The van der Waals surface area contributed by atoms with Gasteiger partial charge in [0, 0.05) is 0 Å². The van der Waals surface area contributed by atoms with Crippen LogP contribution in [0.4, 0.5) is 0 Å².